The molecule has 0 unspecified atom stereocenters. The van der Waals surface area contributed by atoms with Crippen molar-refractivity contribution in [1.82, 2.24) is 0 Å². The minimum absolute atomic E-state index is 0.114. The molecule has 0 radical (unpaired) electrons. The summed E-state index contributed by atoms with van der Waals surface area (Å²) in [6.45, 7) is 7.43. The van der Waals surface area contributed by atoms with Crippen molar-refractivity contribution >= 4 is 5.91 Å². The quantitative estimate of drug-likeness (QED) is 0.693. The first-order chi connectivity index (χ1) is 12.8. The van der Waals surface area contributed by atoms with Crippen molar-refractivity contribution in [3.63, 3.8) is 0 Å². The second kappa shape index (κ2) is 6.90. The van der Waals surface area contributed by atoms with E-state index in [1.165, 1.54) is 38.5 Å². The molecule has 3 saturated carbocycles. The predicted molar refractivity (Wildman–Crippen MR) is 109 cm³/mol. The summed E-state index contributed by atoms with van der Waals surface area (Å²) >= 11 is 0. The van der Waals surface area contributed by atoms with E-state index in [1.54, 1.807) is 5.57 Å². The van der Waals surface area contributed by atoms with Crippen molar-refractivity contribution < 1.29 is 9.90 Å². The van der Waals surface area contributed by atoms with Gasteiger partial charge >= 0.3 is 0 Å². The zero-order valence-corrected chi connectivity index (χ0v) is 17.5. The van der Waals surface area contributed by atoms with E-state index in [0.29, 0.717) is 23.2 Å². The van der Waals surface area contributed by atoms with Crippen molar-refractivity contribution in [2.75, 3.05) is 0 Å². The van der Waals surface area contributed by atoms with Gasteiger partial charge in [0, 0.05) is 6.42 Å². The van der Waals surface area contributed by atoms with E-state index >= 15 is 0 Å². The van der Waals surface area contributed by atoms with Gasteiger partial charge in [0.1, 0.15) is 0 Å². The summed E-state index contributed by atoms with van der Waals surface area (Å²) in [5.74, 6) is 3.65. The number of primary amides is 1. The van der Waals surface area contributed by atoms with Crippen LogP contribution in [0.25, 0.3) is 0 Å². The molecular weight excluding hydrogens is 334 g/mol. The van der Waals surface area contributed by atoms with Gasteiger partial charge in [-0.1, -0.05) is 32.4 Å². The third-order valence-electron chi connectivity index (χ3n) is 9.68. The second-order valence-electron chi connectivity index (χ2n) is 10.9. The van der Waals surface area contributed by atoms with Gasteiger partial charge in [-0.15, -0.1) is 0 Å². The van der Waals surface area contributed by atoms with Gasteiger partial charge in [-0.25, -0.2) is 0 Å². The van der Waals surface area contributed by atoms with E-state index in [1.807, 2.05) is 0 Å². The molecule has 8 atom stereocenters. The van der Waals surface area contributed by atoms with Crippen LogP contribution in [-0.2, 0) is 4.79 Å². The molecule has 3 nitrogen and oxygen atoms in total. The minimum Gasteiger partial charge on any atom is -0.393 e. The third kappa shape index (κ3) is 3.09. The van der Waals surface area contributed by atoms with Gasteiger partial charge in [-0.3, -0.25) is 4.79 Å². The molecule has 3 fully saturated rings. The average molecular weight is 374 g/mol. The maximum atomic E-state index is 11.3. The Hall–Kier alpha value is -0.830. The van der Waals surface area contributed by atoms with E-state index in [2.05, 4.69) is 26.8 Å². The Labute approximate surface area is 165 Å². The van der Waals surface area contributed by atoms with Crippen LogP contribution >= 0.6 is 0 Å². The Balaban J connectivity index is 1.54. The van der Waals surface area contributed by atoms with Crippen LogP contribution in [0, 0.1) is 40.4 Å². The Morgan fingerprint density at radius 3 is 2.74 bits per heavy atom. The summed E-state index contributed by atoms with van der Waals surface area (Å²) in [6.07, 6.45) is 13.6. The molecule has 27 heavy (non-hydrogen) atoms. The highest BCUT2D eigenvalue weighted by atomic mass is 16.3. The van der Waals surface area contributed by atoms with Gasteiger partial charge in [-0.2, -0.15) is 0 Å². The molecule has 4 aliphatic carbocycles. The maximum absolute atomic E-state index is 11.3. The number of nitrogens with two attached hydrogens (primary N) is 1. The zero-order chi connectivity index (χ0) is 19.4. The fourth-order valence-corrected chi connectivity index (χ4v) is 8.19. The van der Waals surface area contributed by atoms with Crippen LogP contribution < -0.4 is 5.73 Å². The number of rotatable bonds is 4. The lowest BCUT2D eigenvalue weighted by Crippen LogP contribution is -2.50. The summed E-state index contributed by atoms with van der Waals surface area (Å²) < 4.78 is 0. The van der Waals surface area contributed by atoms with Gasteiger partial charge in [0.25, 0.3) is 0 Å². The smallest absolute Gasteiger partial charge is 0.217 e. The van der Waals surface area contributed by atoms with Crippen LogP contribution in [-0.4, -0.2) is 17.1 Å². The van der Waals surface area contributed by atoms with E-state index in [4.69, 9.17) is 5.73 Å². The molecule has 152 valence electrons. The molecule has 0 aromatic rings. The number of aliphatic hydroxyl groups excluding tert-OH is 1. The molecule has 0 bridgehead atoms. The molecule has 0 heterocycles. The maximum Gasteiger partial charge on any atom is 0.217 e. The highest BCUT2D eigenvalue weighted by Crippen LogP contribution is 2.67. The van der Waals surface area contributed by atoms with Crippen LogP contribution in [0.5, 0.6) is 0 Å². The summed E-state index contributed by atoms with van der Waals surface area (Å²) in [5.41, 5.74) is 7.75. The van der Waals surface area contributed by atoms with Crippen molar-refractivity contribution in [2.45, 2.75) is 91.1 Å². The van der Waals surface area contributed by atoms with E-state index in [9.17, 15) is 9.90 Å². The Morgan fingerprint density at radius 2 is 2.00 bits per heavy atom. The fourth-order valence-electron chi connectivity index (χ4n) is 8.19. The fraction of sp³-hybridized carbons (Fsp3) is 0.875. The number of hydrogen-bond donors (Lipinski definition) is 2. The van der Waals surface area contributed by atoms with E-state index in [-0.39, 0.29) is 12.0 Å². The SMILES string of the molecule is C[C@H](CCC(N)=O)[C@H]1CC[C@H]2[C@@H]3CC=C4C[C@@H](O)CC[C@]4(C)[C@H]3CC[C@]12C. The number of hydrogen-bond acceptors (Lipinski definition) is 2. The lowest BCUT2D eigenvalue weighted by atomic mass is 9.47. The van der Waals surface area contributed by atoms with Crippen molar-refractivity contribution in [3.05, 3.63) is 11.6 Å². The first-order valence-electron chi connectivity index (χ1n) is 11.4. The summed E-state index contributed by atoms with van der Waals surface area (Å²) in [7, 11) is 0. The van der Waals surface area contributed by atoms with Crippen LogP contribution in [0.2, 0.25) is 0 Å². The lowest BCUT2D eigenvalue weighted by molar-refractivity contribution is -0.118. The van der Waals surface area contributed by atoms with Crippen LogP contribution in [0.3, 0.4) is 0 Å². The monoisotopic (exact) mass is 373 g/mol. The van der Waals surface area contributed by atoms with Crippen LogP contribution in [0.15, 0.2) is 11.6 Å². The topological polar surface area (TPSA) is 63.3 Å². The molecule has 1 amide bonds. The van der Waals surface area contributed by atoms with Gasteiger partial charge < -0.3 is 10.8 Å². The minimum atomic E-state index is -0.150. The van der Waals surface area contributed by atoms with Crippen LogP contribution in [0.4, 0.5) is 0 Å². The molecule has 0 aromatic carbocycles. The lowest BCUT2D eigenvalue weighted by Gasteiger charge is -2.58. The summed E-state index contributed by atoms with van der Waals surface area (Å²) in [6, 6.07) is 0. The van der Waals surface area contributed by atoms with Gasteiger partial charge in [-0.05, 0) is 98.2 Å². The standard InChI is InChI=1S/C24H39NO2/c1-15(4-9-22(25)27)19-7-8-20-18-6-5-16-14-17(26)10-12-23(16,2)21(18)11-13-24(19,20)3/h5,15,17-21,26H,4,6-14H2,1-3H3,(H2,25,27)/t15-,17+,18+,19-,20+,21+,23+,24-/m1/s1. The summed E-state index contributed by atoms with van der Waals surface area (Å²) in [5, 5.41) is 10.2. The Kier molecular flexibility index (Phi) is 4.98. The molecule has 0 saturated heterocycles. The normalized spacial score (nSPS) is 47.4. The molecule has 3 N–H and O–H groups in total. The molecular formula is C24H39NO2. The molecule has 0 aromatic heterocycles. The molecule has 0 spiro atoms. The number of amides is 1. The molecule has 3 heteroatoms. The molecule has 0 aliphatic heterocycles. The second-order valence-corrected chi connectivity index (χ2v) is 10.9. The van der Waals surface area contributed by atoms with E-state index in [0.717, 1.165) is 42.9 Å². The number of allylic oxidation sites excluding steroid dienone is 1. The average Bonchev–Trinajstić information content (AvgIpc) is 2.97. The molecule has 4 aliphatic rings. The van der Waals surface area contributed by atoms with Crippen molar-refractivity contribution in [1.29, 1.82) is 0 Å². The highest BCUT2D eigenvalue weighted by Gasteiger charge is 2.59. The number of carbonyl (C=O) groups excluding carboxylic acids is 1. The third-order valence-corrected chi connectivity index (χ3v) is 9.68. The summed E-state index contributed by atoms with van der Waals surface area (Å²) in [4.78, 5) is 11.3. The number of carbonyl (C=O) groups is 1. The van der Waals surface area contributed by atoms with Gasteiger partial charge in [0.15, 0.2) is 0 Å². The van der Waals surface area contributed by atoms with Crippen molar-refractivity contribution in [2.24, 2.45) is 46.2 Å². The molecule has 4 rings (SSSR count). The Bertz CT molecular complexity index is 628. The van der Waals surface area contributed by atoms with Crippen LogP contribution in [0.1, 0.15) is 85.0 Å². The Morgan fingerprint density at radius 1 is 1.22 bits per heavy atom. The van der Waals surface area contributed by atoms with Crippen molar-refractivity contribution in [3.8, 4) is 0 Å². The van der Waals surface area contributed by atoms with Gasteiger partial charge in [0.2, 0.25) is 5.91 Å². The van der Waals surface area contributed by atoms with Gasteiger partial charge in [0.05, 0.1) is 6.10 Å². The first-order valence-corrected chi connectivity index (χ1v) is 11.4. The highest BCUT2D eigenvalue weighted by molar-refractivity contribution is 5.73. The predicted octanol–water partition coefficient (Wildman–Crippen LogP) is 4.83. The zero-order valence-electron chi connectivity index (χ0n) is 17.5. The van der Waals surface area contributed by atoms with E-state index < -0.39 is 0 Å². The first kappa shape index (κ1) is 19.5. The largest absolute Gasteiger partial charge is 0.393 e. The number of fused-ring (bicyclic) bond motifs is 5. The number of aliphatic hydroxyl groups is 1.